The Morgan fingerprint density at radius 2 is 2.40 bits per heavy atom. The smallest absolute Gasteiger partial charge is 0.328 e. The average Bonchev–Trinajstić information content (AvgIpc) is 2.58. The van der Waals surface area contributed by atoms with Gasteiger partial charge in [0.25, 0.3) is 0 Å². The minimum absolute atomic E-state index is 0.227. The lowest BCUT2D eigenvalue weighted by Crippen LogP contribution is -2.27. The van der Waals surface area contributed by atoms with Crippen LogP contribution in [0.1, 0.15) is 19.1 Å². The molecule has 0 radical (unpaired) electrons. The predicted octanol–water partition coefficient (Wildman–Crippen LogP) is 0.672. The number of nitrogens with one attached hydrogen (secondary N) is 1. The fraction of sp³-hybridized carbons (Fsp3) is 0.500. The van der Waals surface area contributed by atoms with E-state index in [1.807, 2.05) is 0 Å². The Balaban J connectivity index is 2.41. The highest BCUT2D eigenvalue weighted by molar-refractivity contribution is 7.71. The largest absolute Gasteiger partial charge is 0.368 e. The Kier molecular flexibility index (Phi) is 2.68. The fourth-order valence-electron chi connectivity index (χ4n) is 1.48. The highest BCUT2D eigenvalue weighted by Gasteiger charge is 2.25. The monoisotopic (exact) mass is 232 g/mol. The molecular formula is C8H9FN2O3S. The van der Waals surface area contributed by atoms with Crippen molar-refractivity contribution in [1.29, 1.82) is 0 Å². The summed E-state index contributed by atoms with van der Waals surface area (Å²) in [5, 5.41) is 9.11. The normalized spacial score (nSPS) is 25.7. The molecule has 5 nitrogen and oxygen atoms in total. The van der Waals surface area contributed by atoms with Crippen molar-refractivity contribution in [2.75, 3.05) is 0 Å². The van der Waals surface area contributed by atoms with Gasteiger partial charge in [-0.1, -0.05) is 12.2 Å². The second kappa shape index (κ2) is 3.84. The molecule has 0 aliphatic carbocycles. The van der Waals surface area contributed by atoms with Crippen LogP contribution in [0.4, 0.5) is 4.39 Å². The number of H-pyrrole nitrogens is 1. The first-order valence-electron chi connectivity index (χ1n) is 4.42. The molecule has 1 aliphatic heterocycles. The van der Waals surface area contributed by atoms with Gasteiger partial charge in [0, 0.05) is 6.42 Å². The van der Waals surface area contributed by atoms with E-state index in [4.69, 9.17) is 9.84 Å². The Morgan fingerprint density at radius 3 is 3.00 bits per heavy atom. The number of hydrogen-bond donors (Lipinski definition) is 2. The van der Waals surface area contributed by atoms with E-state index in [0.717, 1.165) is 10.8 Å². The summed E-state index contributed by atoms with van der Waals surface area (Å²) in [6.45, 7) is 0. The standard InChI is InChI=1S/C8H9FN2O3S/c9-4-3-11(8(13)10-7(4)15)5-1-2-6(12)14-5/h3,5-6,12H,1-2H2,(H,10,13,15)/t5?,6-/m0/s1. The molecule has 0 bridgehead atoms. The molecule has 0 aromatic carbocycles. The average molecular weight is 232 g/mol. The molecule has 2 N–H and O–H groups in total. The van der Waals surface area contributed by atoms with E-state index in [0.29, 0.717) is 12.8 Å². The van der Waals surface area contributed by atoms with Gasteiger partial charge in [0.05, 0.1) is 6.20 Å². The SMILES string of the molecule is O=c1[nH]c(=S)c(F)cn1C1CC[C@@H](O)O1. The third kappa shape index (κ3) is 1.99. The number of halogens is 1. The van der Waals surface area contributed by atoms with E-state index in [-0.39, 0.29) is 4.64 Å². The van der Waals surface area contributed by atoms with E-state index in [1.165, 1.54) is 0 Å². The lowest BCUT2D eigenvalue weighted by molar-refractivity contribution is -0.114. The van der Waals surface area contributed by atoms with E-state index >= 15 is 0 Å². The summed E-state index contributed by atoms with van der Waals surface area (Å²) in [6, 6.07) is 0. The van der Waals surface area contributed by atoms with Crippen molar-refractivity contribution < 1.29 is 14.2 Å². The molecule has 2 rings (SSSR count). The van der Waals surface area contributed by atoms with Crippen molar-refractivity contribution in [2.24, 2.45) is 0 Å². The van der Waals surface area contributed by atoms with Crippen molar-refractivity contribution in [2.45, 2.75) is 25.4 Å². The number of aliphatic hydroxyl groups excluding tert-OH is 1. The van der Waals surface area contributed by atoms with Gasteiger partial charge in [0.15, 0.2) is 12.1 Å². The molecule has 2 atom stereocenters. The first-order chi connectivity index (χ1) is 7.08. The lowest BCUT2D eigenvalue weighted by atomic mass is 10.3. The van der Waals surface area contributed by atoms with Crippen LogP contribution in [0.5, 0.6) is 0 Å². The molecule has 0 spiro atoms. The summed E-state index contributed by atoms with van der Waals surface area (Å²) in [5.74, 6) is -0.686. The highest BCUT2D eigenvalue weighted by Crippen LogP contribution is 2.25. The second-order valence-corrected chi connectivity index (χ2v) is 3.67. The van der Waals surface area contributed by atoms with Crippen LogP contribution in [0.15, 0.2) is 11.0 Å². The van der Waals surface area contributed by atoms with Crippen LogP contribution in [0.2, 0.25) is 0 Å². The van der Waals surface area contributed by atoms with Crippen LogP contribution in [0, 0.1) is 10.5 Å². The van der Waals surface area contributed by atoms with Crippen LogP contribution in [0.3, 0.4) is 0 Å². The van der Waals surface area contributed by atoms with Crippen molar-refractivity contribution in [3.8, 4) is 0 Å². The lowest BCUT2D eigenvalue weighted by Gasteiger charge is -2.13. The van der Waals surface area contributed by atoms with Gasteiger partial charge in [-0.3, -0.25) is 9.55 Å². The molecule has 1 saturated heterocycles. The van der Waals surface area contributed by atoms with Crippen LogP contribution >= 0.6 is 12.2 Å². The number of aliphatic hydroxyl groups is 1. The molecule has 0 amide bonds. The summed E-state index contributed by atoms with van der Waals surface area (Å²) in [5.41, 5.74) is -0.541. The molecular weight excluding hydrogens is 223 g/mol. The van der Waals surface area contributed by atoms with E-state index < -0.39 is 24.0 Å². The quantitative estimate of drug-likeness (QED) is 0.698. The first-order valence-corrected chi connectivity index (χ1v) is 4.83. The zero-order valence-corrected chi connectivity index (χ0v) is 8.46. The van der Waals surface area contributed by atoms with Gasteiger partial charge in [0.1, 0.15) is 10.9 Å². The second-order valence-electron chi connectivity index (χ2n) is 3.27. The topological polar surface area (TPSA) is 67.2 Å². The van der Waals surface area contributed by atoms with Crippen molar-refractivity contribution in [3.63, 3.8) is 0 Å². The van der Waals surface area contributed by atoms with Gasteiger partial charge in [-0.15, -0.1) is 0 Å². The molecule has 1 unspecified atom stereocenters. The minimum Gasteiger partial charge on any atom is -0.368 e. The van der Waals surface area contributed by atoms with Crippen LogP contribution < -0.4 is 5.69 Å². The van der Waals surface area contributed by atoms with Crippen LogP contribution in [0.25, 0.3) is 0 Å². The summed E-state index contributed by atoms with van der Waals surface area (Å²) in [4.78, 5) is 13.6. The zero-order chi connectivity index (χ0) is 11.0. The Morgan fingerprint density at radius 1 is 1.67 bits per heavy atom. The highest BCUT2D eigenvalue weighted by atomic mass is 32.1. The Hall–Kier alpha value is -1.05. The number of rotatable bonds is 1. The molecule has 2 heterocycles. The Bertz CT molecular complexity index is 484. The number of aromatic nitrogens is 2. The number of nitrogens with zero attached hydrogens (tertiary/aromatic N) is 1. The maximum absolute atomic E-state index is 13.1. The summed E-state index contributed by atoms with van der Waals surface area (Å²) < 4.78 is 18.9. The van der Waals surface area contributed by atoms with Gasteiger partial charge in [0.2, 0.25) is 0 Å². The molecule has 7 heteroatoms. The van der Waals surface area contributed by atoms with Crippen LogP contribution in [-0.2, 0) is 4.74 Å². The van der Waals surface area contributed by atoms with Gasteiger partial charge >= 0.3 is 5.69 Å². The molecule has 82 valence electrons. The van der Waals surface area contributed by atoms with E-state index in [2.05, 4.69) is 17.2 Å². The summed E-state index contributed by atoms with van der Waals surface area (Å²) >= 11 is 4.56. The first kappa shape index (κ1) is 10.5. The van der Waals surface area contributed by atoms with E-state index in [1.54, 1.807) is 0 Å². The predicted molar refractivity (Wildman–Crippen MR) is 51.2 cm³/mol. The third-order valence-electron chi connectivity index (χ3n) is 2.21. The van der Waals surface area contributed by atoms with Gasteiger partial charge in [-0.2, -0.15) is 0 Å². The molecule has 1 fully saturated rings. The molecule has 1 aromatic rings. The maximum Gasteiger partial charge on any atom is 0.328 e. The molecule has 1 aromatic heterocycles. The number of aromatic amines is 1. The van der Waals surface area contributed by atoms with Gasteiger partial charge < -0.3 is 9.84 Å². The molecule has 0 saturated carbocycles. The summed E-state index contributed by atoms with van der Waals surface area (Å²) in [7, 11) is 0. The molecule has 1 aliphatic rings. The molecule has 15 heavy (non-hydrogen) atoms. The van der Waals surface area contributed by atoms with Gasteiger partial charge in [-0.25, -0.2) is 9.18 Å². The third-order valence-corrected chi connectivity index (χ3v) is 2.51. The number of hydrogen-bond acceptors (Lipinski definition) is 4. The van der Waals surface area contributed by atoms with Crippen molar-refractivity contribution in [3.05, 3.63) is 27.1 Å². The van der Waals surface area contributed by atoms with Crippen molar-refractivity contribution in [1.82, 2.24) is 9.55 Å². The zero-order valence-electron chi connectivity index (χ0n) is 7.64. The van der Waals surface area contributed by atoms with E-state index in [9.17, 15) is 9.18 Å². The maximum atomic E-state index is 13.1. The number of ether oxygens (including phenoxy) is 1. The van der Waals surface area contributed by atoms with Gasteiger partial charge in [-0.05, 0) is 6.42 Å². The minimum atomic E-state index is -0.895. The summed E-state index contributed by atoms with van der Waals surface area (Å²) in [6.07, 6.45) is 0.352. The fourth-order valence-corrected chi connectivity index (χ4v) is 1.62. The van der Waals surface area contributed by atoms with Crippen LogP contribution in [-0.4, -0.2) is 20.9 Å². The van der Waals surface area contributed by atoms with Crippen molar-refractivity contribution >= 4 is 12.2 Å². The Labute approximate surface area is 89.1 Å².